The molecule has 0 saturated heterocycles. The summed E-state index contributed by atoms with van der Waals surface area (Å²) in [4.78, 5) is 11.2. The first-order valence-corrected chi connectivity index (χ1v) is 3.87. The third kappa shape index (κ3) is 2.76. The average Bonchev–Trinajstić information content (AvgIpc) is 2.04. The molecule has 1 aromatic carbocycles. The Morgan fingerprint density at radius 2 is 1.92 bits per heavy atom. The van der Waals surface area contributed by atoms with Crippen molar-refractivity contribution in [2.45, 2.75) is 13.2 Å². The van der Waals surface area contributed by atoms with Crippen molar-refractivity contribution < 1.29 is 15.0 Å². The minimum absolute atomic E-state index is 0.105. The monoisotopic (exact) mass is 181 g/mol. The molecule has 1 atom stereocenters. The topological polar surface area (TPSA) is 69.6 Å². The van der Waals surface area contributed by atoms with Crippen LogP contribution in [0.4, 0.5) is 0 Å². The first-order valence-electron chi connectivity index (χ1n) is 3.87. The molecule has 0 aliphatic heterocycles. The van der Waals surface area contributed by atoms with Crippen LogP contribution in [0.15, 0.2) is 24.3 Å². The van der Waals surface area contributed by atoms with E-state index in [-0.39, 0.29) is 11.7 Å². The Morgan fingerprint density at radius 3 is 2.38 bits per heavy atom. The highest BCUT2D eigenvalue weighted by Crippen LogP contribution is 2.09. The molecule has 1 aromatic rings. The second kappa shape index (κ2) is 3.91. The Bertz CT molecular complexity index is 292. The minimum Gasteiger partial charge on any atom is -0.508 e. The normalized spacial score (nSPS) is 12.2. The van der Waals surface area contributed by atoms with E-state index in [0.717, 1.165) is 0 Å². The highest BCUT2D eigenvalue weighted by molar-refractivity contribution is 5.94. The van der Waals surface area contributed by atoms with E-state index in [1.165, 1.54) is 31.2 Å². The fourth-order valence-electron chi connectivity index (χ4n) is 0.886. The number of rotatable bonds is 2. The summed E-state index contributed by atoms with van der Waals surface area (Å²) in [7, 11) is 0. The van der Waals surface area contributed by atoms with Gasteiger partial charge in [0.1, 0.15) is 12.0 Å². The Balaban J connectivity index is 2.72. The molecule has 4 heteroatoms. The van der Waals surface area contributed by atoms with E-state index in [4.69, 9.17) is 10.2 Å². The Hall–Kier alpha value is -1.55. The third-order valence-electron chi connectivity index (χ3n) is 1.47. The van der Waals surface area contributed by atoms with Gasteiger partial charge in [-0.2, -0.15) is 0 Å². The smallest absolute Gasteiger partial charge is 0.253 e. The molecule has 0 spiro atoms. The predicted molar refractivity (Wildman–Crippen MR) is 47.3 cm³/mol. The summed E-state index contributed by atoms with van der Waals surface area (Å²) >= 11 is 0. The number of aliphatic hydroxyl groups is 1. The number of carbonyl (C=O) groups is 1. The van der Waals surface area contributed by atoms with Gasteiger partial charge in [-0.1, -0.05) is 0 Å². The molecule has 1 rings (SSSR count). The second-order valence-electron chi connectivity index (χ2n) is 2.70. The van der Waals surface area contributed by atoms with Crippen LogP contribution in [0.2, 0.25) is 0 Å². The van der Waals surface area contributed by atoms with Crippen LogP contribution in [0.3, 0.4) is 0 Å². The van der Waals surface area contributed by atoms with Crippen molar-refractivity contribution in [1.82, 2.24) is 5.32 Å². The van der Waals surface area contributed by atoms with Crippen molar-refractivity contribution in [1.29, 1.82) is 0 Å². The van der Waals surface area contributed by atoms with Crippen molar-refractivity contribution >= 4 is 5.91 Å². The summed E-state index contributed by atoms with van der Waals surface area (Å²) in [6.07, 6.45) is -0.874. The average molecular weight is 181 g/mol. The van der Waals surface area contributed by atoms with Gasteiger partial charge in [-0.25, -0.2) is 0 Å². The summed E-state index contributed by atoms with van der Waals surface area (Å²) in [5.74, 6) is -0.261. The van der Waals surface area contributed by atoms with Crippen LogP contribution in [-0.2, 0) is 0 Å². The molecule has 3 N–H and O–H groups in total. The van der Waals surface area contributed by atoms with Crippen LogP contribution in [0, 0.1) is 0 Å². The van der Waals surface area contributed by atoms with E-state index >= 15 is 0 Å². The van der Waals surface area contributed by atoms with E-state index in [2.05, 4.69) is 5.32 Å². The van der Waals surface area contributed by atoms with Crippen molar-refractivity contribution in [3.8, 4) is 5.75 Å². The zero-order valence-corrected chi connectivity index (χ0v) is 7.19. The summed E-state index contributed by atoms with van der Waals surface area (Å²) in [6.45, 7) is 1.46. The molecular formula is C9H11NO3. The van der Waals surface area contributed by atoms with Crippen molar-refractivity contribution in [2.24, 2.45) is 0 Å². The molecule has 0 aliphatic rings. The number of benzene rings is 1. The molecular weight excluding hydrogens is 170 g/mol. The number of carbonyl (C=O) groups excluding carboxylic acids is 1. The number of amides is 1. The molecule has 0 aromatic heterocycles. The second-order valence-corrected chi connectivity index (χ2v) is 2.70. The Labute approximate surface area is 75.8 Å². The molecule has 0 heterocycles. The highest BCUT2D eigenvalue weighted by Gasteiger charge is 2.06. The summed E-state index contributed by atoms with van der Waals surface area (Å²) in [5.41, 5.74) is 0.402. The number of hydrogen-bond donors (Lipinski definition) is 3. The molecule has 0 saturated carbocycles. The van der Waals surface area contributed by atoms with Gasteiger partial charge in [0.25, 0.3) is 5.91 Å². The van der Waals surface area contributed by atoms with E-state index in [1.807, 2.05) is 0 Å². The number of nitrogens with one attached hydrogen (secondary N) is 1. The van der Waals surface area contributed by atoms with Crippen LogP contribution >= 0.6 is 0 Å². The van der Waals surface area contributed by atoms with Gasteiger partial charge in [-0.15, -0.1) is 0 Å². The number of phenols is 1. The zero-order chi connectivity index (χ0) is 9.84. The van der Waals surface area contributed by atoms with E-state index in [0.29, 0.717) is 5.56 Å². The fourth-order valence-corrected chi connectivity index (χ4v) is 0.886. The first kappa shape index (κ1) is 9.54. The van der Waals surface area contributed by atoms with Gasteiger partial charge in [0.2, 0.25) is 0 Å². The number of hydrogen-bond acceptors (Lipinski definition) is 3. The first-order chi connectivity index (χ1) is 6.09. The molecule has 70 valence electrons. The minimum atomic E-state index is -0.874. The lowest BCUT2D eigenvalue weighted by molar-refractivity contribution is 0.0819. The SMILES string of the molecule is CC(O)NC(=O)c1ccc(O)cc1. The van der Waals surface area contributed by atoms with Crippen molar-refractivity contribution in [3.63, 3.8) is 0 Å². The van der Waals surface area contributed by atoms with E-state index in [9.17, 15) is 4.79 Å². The number of phenolic OH excluding ortho intramolecular Hbond substituents is 1. The Morgan fingerprint density at radius 1 is 1.38 bits per heavy atom. The van der Waals surface area contributed by atoms with Crippen LogP contribution in [0.25, 0.3) is 0 Å². The number of aromatic hydroxyl groups is 1. The summed E-state index contributed by atoms with van der Waals surface area (Å²) < 4.78 is 0. The molecule has 1 unspecified atom stereocenters. The predicted octanol–water partition coefficient (Wildman–Crippen LogP) is 0.460. The van der Waals surface area contributed by atoms with Gasteiger partial charge in [-0.3, -0.25) is 4.79 Å². The van der Waals surface area contributed by atoms with Crippen LogP contribution in [0.5, 0.6) is 5.75 Å². The standard InChI is InChI=1S/C9H11NO3/c1-6(11)10-9(13)7-2-4-8(12)5-3-7/h2-6,11-12H,1H3,(H,10,13). The molecule has 4 nitrogen and oxygen atoms in total. The lowest BCUT2D eigenvalue weighted by Gasteiger charge is -2.06. The van der Waals surface area contributed by atoms with E-state index < -0.39 is 6.23 Å². The van der Waals surface area contributed by atoms with Gasteiger partial charge < -0.3 is 15.5 Å². The summed E-state index contributed by atoms with van der Waals surface area (Å²) in [5, 5.41) is 20.1. The maximum Gasteiger partial charge on any atom is 0.253 e. The maximum absolute atomic E-state index is 11.2. The fraction of sp³-hybridized carbons (Fsp3) is 0.222. The largest absolute Gasteiger partial charge is 0.508 e. The molecule has 1 amide bonds. The van der Waals surface area contributed by atoms with Gasteiger partial charge in [-0.05, 0) is 31.2 Å². The van der Waals surface area contributed by atoms with Crippen molar-refractivity contribution in [2.75, 3.05) is 0 Å². The highest BCUT2D eigenvalue weighted by atomic mass is 16.3. The maximum atomic E-state index is 11.2. The molecule has 13 heavy (non-hydrogen) atoms. The lowest BCUT2D eigenvalue weighted by atomic mass is 10.2. The third-order valence-corrected chi connectivity index (χ3v) is 1.47. The molecule has 0 bridgehead atoms. The Kier molecular flexibility index (Phi) is 2.87. The lowest BCUT2D eigenvalue weighted by Crippen LogP contribution is -2.31. The zero-order valence-electron chi connectivity index (χ0n) is 7.19. The van der Waals surface area contributed by atoms with Gasteiger partial charge in [0.05, 0.1) is 0 Å². The van der Waals surface area contributed by atoms with Gasteiger partial charge in [0, 0.05) is 5.56 Å². The van der Waals surface area contributed by atoms with Crippen molar-refractivity contribution in [3.05, 3.63) is 29.8 Å². The molecule has 0 radical (unpaired) electrons. The quantitative estimate of drug-likeness (QED) is 0.580. The number of aliphatic hydroxyl groups excluding tert-OH is 1. The van der Waals surface area contributed by atoms with Crippen LogP contribution < -0.4 is 5.32 Å². The van der Waals surface area contributed by atoms with Crippen LogP contribution in [-0.4, -0.2) is 22.3 Å². The van der Waals surface area contributed by atoms with Gasteiger partial charge in [0.15, 0.2) is 0 Å². The van der Waals surface area contributed by atoms with Gasteiger partial charge >= 0.3 is 0 Å². The van der Waals surface area contributed by atoms with E-state index in [1.54, 1.807) is 0 Å². The molecule has 0 fully saturated rings. The summed E-state index contributed by atoms with van der Waals surface area (Å²) in [6, 6.07) is 5.79. The molecule has 0 aliphatic carbocycles. The van der Waals surface area contributed by atoms with Crippen LogP contribution in [0.1, 0.15) is 17.3 Å².